The highest BCUT2D eigenvalue weighted by molar-refractivity contribution is 9.10. The van der Waals surface area contributed by atoms with Gasteiger partial charge in [0.25, 0.3) is 0 Å². The van der Waals surface area contributed by atoms with Crippen molar-refractivity contribution in [1.29, 1.82) is 0 Å². The lowest BCUT2D eigenvalue weighted by Gasteiger charge is -2.15. The molecule has 3 nitrogen and oxygen atoms in total. The fourth-order valence-electron chi connectivity index (χ4n) is 1.35. The molecule has 0 aliphatic rings. The first-order valence-corrected chi connectivity index (χ1v) is 6.45. The van der Waals surface area contributed by atoms with E-state index in [9.17, 15) is 9.59 Å². The number of hydrogen-bond donors (Lipinski definition) is 0. The van der Waals surface area contributed by atoms with Crippen LogP contribution in [0.5, 0.6) is 5.75 Å². The summed E-state index contributed by atoms with van der Waals surface area (Å²) in [7, 11) is 1.56. The molecule has 0 bridgehead atoms. The van der Waals surface area contributed by atoms with Gasteiger partial charge >= 0.3 is 0 Å². The lowest BCUT2D eigenvalue weighted by molar-refractivity contribution is -0.125. The topological polar surface area (TPSA) is 43.4 Å². The second-order valence-corrected chi connectivity index (χ2v) is 5.98. The van der Waals surface area contributed by atoms with Crippen molar-refractivity contribution in [3.05, 3.63) is 28.2 Å². The summed E-state index contributed by atoms with van der Waals surface area (Å²) in [6, 6.07) is 5.05. The maximum atomic E-state index is 12.0. The van der Waals surface area contributed by atoms with Crippen molar-refractivity contribution in [1.82, 2.24) is 0 Å². The second kappa shape index (κ2) is 5.65. The number of benzene rings is 1. The highest BCUT2D eigenvalue weighted by atomic mass is 79.9. The Hall–Kier alpha value is -1.16. The third-order valence-corrected chi connectivity index (χ3v) is 3.25. The van der Waals surface area contributed by atoms with Crippen LogP contribution in [0, 0.1) is 5.41 Å². The molecule has 0 atom stereocenters. The normalized spacial score (nSPS) is 11.2. The number of methoxy groups -OCH3 is 1. The minimum Gasteiger partial charge on any atom is -0.496 e. The molecule has 0 aliphatic heterocycles. The van der Waals surface area contributed by atoms with Crippen LogP contribution in [0.25, 0.3) is 0 Å². The number of hydrogen-bond acceptors (Lipinski definition) is 3. The monoisotopic (exact) mass is 312 g/mol. The van der Waals surface area contributed by atoms with Crippen LogP contribution in [0.15, 0.2) is 22.7 Å². The van der Waals surface area contributed by atoms with E-state index >= 15 is 0 Å². The van der Waals surface area contributed by atoms with Crippen LogP contribution in [-0.2, 0) is 4.79 Å². The standard InChI is InChI=1S/C14H17BrO3/c1-14(2,3)13(17)8-11(16)9-5-6-12(18-4)10(15)7-9/h5-7H,8H2,1-4H3. The molecule has 1 aromatic rings. The van der Waals surface area contributed by atoms with E-state index in [0.717, 1.165) is 0 Å². The van der Waals surface area contributed by atoms with Gasteiger partial charge in [-0.1, -0.05) is 20.8 Å². The summed E-state index contributed by atoms with van der Waals surface area (Å²) in [5, 5.41) is 0. The van der Waals surface area contributed by atoms with E-state index in [-0.39, 0.29) is 18.0 Å². The molecule has 1 aromatic carbocycles. The molecular formula is C14H17BrO3. The number of carbonyl (C=O) groups excluding carboxylic acids is 2. The van der Waals surface area contributed by atoms with Gasteiger partial charge in [0.15, 0.2) is 5.78 Å². The van der Waals surface area contributed by atoms with Gasteiger partial charge in [-0.3, -0.25) is 9.59 Å². The van der Waals surface area contributed by atoms with Crippen molar-refractivity contribution in [2.45, 2.75) is 27.2 Å². The van der Waals surface area contributed by atoms with Crippen molar-refractivity contribution < 1.29 is 14.3 Å². The molecule has 0 saturated carbocycles. The average Bonchev–Trinajstić information content (AvgIpc) is 2.27. The highest BCUT2D eigenvalue weighted by Crippen LogP contribution is 2.26. The molecule has 0 unspecified atom stereocenters. The first kappa shape index (κ1) is 14.9. The molecule has 0 amide bonds. The number of rotatable bonds is 4. The molecule has 0 radical (unpaired) electrons. The number of Topliss-reactive ketones (excluding diaryl/α,β-unsaturated/α-hetero) is 2. The van der Waals surface area contributed by atoms with Gasteiger partial charge in [-0.15, -0.1) is 0 Å². The lowest BCUT2D eigenvalue weighted by atomic mass is 9.87. The van der Waals surface area contributed by atoms with Crippen LogP contribution in [0.4, 0.5) is 0 Å². The van der Waals surface area contributed by atoms with Gasteiger partial charge in [-0.2, -0.15) is 0 Å². The largest absolute Gasteiger partial charge is 0.496 e. The van der Waals surface area contributed by atoms with Crippen LogP contribution in [-0.4, -0.2) is 18.7 Å². The lowest BCUT2D eigenvalue weighted by Crippen LogP contribution is -2.23. The smallest absolute Gasteiger partial charge is 0.170 e. The summed E-state index contributed by atoms with van der Waals surface area (Å²) in [5.74, 6) is 0.436. The van der Waals surface area contributed by atoms with Crippen LogP contribution in [0.1, 0.15) is 37.6 Å². The molecule has 98 valence electrons. The maximum Gasteiger partial charge on any atom is 0.170 e. The second-order valence-electron chi connectivity index (χ2n) is 5.12. The first-order chi connectivity index (χ1) is 8.25. The van der Waals surface area contributed by atoms with Crippen LogP contribution in [0.2, 0.25) is 0 Å². The summed E-state index contributed by atoms with van der Waals surface area (Å²) in [6.07, 6.45) is -0.0672. The SMILES string of the molecule is COc1ccc(C(=O)CC(=O)C(C)(C)C)cc1Br. The minimum atomic E-state index is -0.487. The predicted octanol–water partition coefficient (Wildman–Crippen LogP) is 3.65. The Morgan fingerprint density at radius 1 is 1.28 bits per heavy atom. The number of carbonyl (C=O) groups is 2. The minimum absolute atomic E-state index is 0.0561. The molecule has 0 aromatic heterocycles. The molecule has 0 fully saturated rings. The fraction of sp³-hybridized carbons (Fsp3) is 0.429. The third-order valence-electron chi connectivity index (χ3n) is 2.63. The van der Waals surface area contributed by atoms with Crippen molar-refractivity contribution in [3.63, 3.8) is 0 Å². The van der Waals surface area contributed by atoms with E-state index in [1.54, 1.807) is 25.3 Å². The molecule has 4 heteroatoms. The maximum absolute atomic E-state index is 12.0. The Morgan fingerprint density at radius 2 is 1.89 bits per heavy atom. The fourth-order valence-corrected chi connectivity index (χ4v) is 1.89. The Bertz CT molecular complexity index is 472. The first-order valence-electron chi connectivity index (χ1n) is 5.65. The quantitative estimate of drug-likeness (QED) is 0.629. The number of ether oxygens (including phenoxy) is 1. The van der Waals surface area contributed by atoms with E-state index in [1.165, 1.54) is 0 Å². The molecule has 0 N–H and O–H groups in total. The Kier molecular flexibility index (Phi) is 4.68. The van der Waals surface area contributed by atoms with Gasteiger partial charge in [-0.05, 0) is 34.1 Å². The predicted molar refractivity (Wildman–Crippen MR) is 74.1 cm³/mol. The third kappa shape index (κ3) is 3.67. The van der Waals surface area contributed by atoms with Gasteiger partial charge in [0.05, 0.1) is 18.0 Å². The van der Waals surface area contributed by atoms with E-state index in [0.29, 0.717) is 15.8 Å². The Morgan fingerprint density at radius 3 is 2.33 bits per heavy atom. The molecule has 1 rings (SSSR count). The summed E-state index contributed by atoms with van der Waals surface area (Å²) in [4.78, 5) is 23.8. The van der Waals surface area contributed by atoms with E-state index in [1.807, 2.05) is 20.8 Å². The summed E-state index contributed by atoms with van der Waals surface area (Å²) >= 11 is 3.32. The zero-order chi connectivity index (χ0) is 13.9. The Labute approximate surface area is 116 Å². The molecule has 0 spiro atoms. The van der Waals surface area contributed by atoms with Crippen LogP contribution in [0.3, 0.4) is 0 Å². The van der Waals surface area contributed by atoms with Gasteiger partial charge in [-0.25, -0.2) is 0 Å². The Balaban J connectivity index is 2.86. The zero-order valence-electron chi connectivity index (χ0n) is 11.0. The number of ketones is 2. The zero-order valence-corrected chi connectivity index (χ0v) is 12.6. The summed E-state index contributed by atoms with van der Waals surface area (Å²) in [6.45, 7) is 5.44. The molecule has 0 heterocycles. The van der Waals surface area contributed by atoms with Crippen LogP contribution >= 0.6 is 15.9 Å². The van der Waals surface area contributed by atoms with Gasteiger partial charge in [0.1, 0.15) is 11.5 Å². The molecule has 18 heavy (non-hydrogen) atoms. The van der Waals surface area contributed by atoms with Crippen molar-refractivity contribution in [3.8, 4) is 5.75 Å². The summed E-state index contributed by atoms with van der Waals surface area (Å²) < 4.78 is 5.80. The van der Waals surface area contributed by atoms with Gasteiger partial charge < -0.3 is 4.74 Å². The molecule has 0 aliphatic carbocycles. The average molecular weight is 313 g/mol. The molecular weight excluding hydrogens is 296 g/mol. The van der Waals surface area contributed by atoms with E-state index in [4.69, 9.17) is 4.74 Å². The van der Waals surface area contributed by atoms with E-state index < -0.39 is 5.41 Å². The van der Waals surface area contributed by atoms with Crippen molar-refractivity contribution in [2.75, 3.05) is 7.11 Å². The van der Waals surface area contributed by atoms with Crippen molar-refractivity contribution >= 4 is 27.5 Å². The summed E-state index contributed by atoms with van der Waals surface area (Å²) in [5.41, 5.74) is 0.0274. The van der Waals surface area contributed by atoms with Crippen molar-refractivity contribution in [2.24, 2.45) is 5.41 Å². The highest BCUT2D eigenvalue weighted by Gasteiger charge is 2.24. The van der Waals surface area contributed by atoms with E-state index in [2.05, 4.69) is 15.9 Å². The molecule has 0 saturated heterocycles. The van der Waals surface area contributed by atoms with Gasteiger partial charge in [0.2, 0.25) is 0 Å². The number of halogens is 1. The van der Waals surface area contributed by atoms with Gasteiger partial charge in [0, 0.05) is 11.0 Å². The van der Waals surface area contributed by atoms with Crippen LogP contribution < -0.4 is 4.74 Å².